The Morgan fingerprint density at radius 3 is 1.78 bits per heavy atom. The molecule has 0 aliphatic rings. The van der Waals surface area contributed by atoms with Crippen molar-refractivity contribution < 1.29 is 9.13 Å². The second-order valence-corrected chi connectivity index (χ2v) is 11.4. The van der Waals surface area contributed by atoms with Gasteiger partial charge in [-0.3, -0.25) is 0 Å². The zero-order valence-corrected chi connectivity index (χ0v) is 19.1. The van der Waals surface area contributed by atoms with Crippen molar-refractivity contribution in [1.82, 2.24) is 0 Å². The summed E-state index contributed by atoms with van der Waals surface area (Å²) >= 11 is 0. The molecule has 0 atom stereocenters. The predicted molar refractivity (Wildman–Crippen MR) is 136 cm³/mol. The van der Waals surface area contributed by atoms with Crippen LogP contribution in [0.15, 0.2) is 115 Å². The molecule has 0 heterocycles. The van der Waals surface area contributed by atoms with Crippen molar-refractivity contribution in [3.8, 4) is 5.75 Å². The van der Waals surface area contributed by atoms with Crippen LogP contribution in [0.1, 0.15) is 12.0 Å². The lowest BCUT2D eigenvalue weighted by Crippen LogP contribution is -2.33. The number of alkyl halides is 1. The van der Waals surface area contributed by atoms with Gasteiger partial charge in [0.05, 0.1) is 6.16 Å². The van der Waals surface area contributed by atoms with Crippen molar-refractivity contribution in [1.29, 1.82) is 0 Å². The fourth-order valence-corrected chi connectivity index (χ4v) is 8.68. The van der Waals surface area contributed by atoms with Crippen molar-refractivity contribution >= 4 is 23.2 Å². The van der Waals surface area contributed by atoms with E-state index in [0.717, 1.165) is 24.8 Å². The molecule has 0 saturated carbocycles. The number of aryl methyl sites for hydroxylation is 1. The van der Waals surface area contributed by atoms with E-state index in [-0.39, 0.29) is 6.61 Å². The van der Waals surface area contributed by atoms with Crippen molar-refractivity contribution in [2.75, 3.05) is 19.4 Å². The fraction of sp³-hybridized carbons (Fsp3) is 0.172. The van der Waals surface area contributed by atoms with E-state index in [1.807, 2.05) is 12.1 Å². The Bertz CT molecular complexity index is 1040. The van der Waals surface area contributed by atoms with Crippen molar-refractivity contribution in [2.24, 2.45) is 0 Å². The second-order valence-electron chi connectivity index (χ2n) is 7.83. The smallest absolute Gasteiger partial charge is 0.123 e. The van der Waals surface area contributed by atoms with Crippen molar-refractivity contribution in [2.45, 2.75) is 12.8 Å². The summed E-state index contributed by atoms with van der Waals surface area (Å²) in [4.78, 5) is 0. The van der Waals surface area contributed by atoms with Gasteiger partial charge in [-0.1, -0.05) is 72.8 Å². The maximum absolute atomic E-state index is 12.8. The largest absolute Gasteiger partial charge is 0.491 e. The number of halogens is 1. The van der Waals surface area contributed by atoms with Gasteiger partial charge in [0.25, 0.3) is 0 Å². The normalized spacial score (nSPS) is 11.3. The predicted octanol–water partition coefficient (Wildman–Crippen LogP) is 5.96. The summed E-state index contributed by atoms with van der Waals surface area (Å²) in [5.74, 6) is 0.736. The van der Waals surface area contributed by atoms with Crippen molar-refractivity contribution in [3.05, 3.63) is 121 Å². The molecule has 0 fully saturated rings. The summed E-state index contributed by atoms with van der Waals surface area (Å²) in [5.41, 5.74) is 1.37. The Labute approximate surface area is 191 Å². The first-order chi connectivity index (χ1) is 15.8. The van der Waals surface area contributed by atoms with E-state index in [1.165, 1.54) is 21.5 Å². The number of hydrogen-bond donors (Lipinski definition) is 0. The highest BCUT2D eigenvalue weighted by Gasteiger charge is 2.44. The van der Waals surface area contributed by atoms with E-state index < -0.39 is 13.9 Å². The minimum Gasteiger partial charge on any atom is -0.491 e. The average Bonchev–Trinajstić information content (AvgIpc) is 2.87. The van der Waals surface area contributed by atoms with Gasteiger partial charge in [-0.2, -0.15) is 0 Å². The first-order valence-electron chi connectivity index (χ1n) is 11.2. The molecule has 0 bridgehead atoms. The Morgan fingerprint density at radius 1 is 0.625 bits per heavy atom. The highest BCUT2D eigenvalue weighted by molar-refractivity contribution is 7.95. The first kappa shape index (κ1) is 22.2. The molecular weight excluding hydrogens is 414 g/mol. The number of ether oxygens (including phenoxy) is 1. The van der Waals surface area contributed by atoms with Gasteiger partial charge in [0.15, 0.2) is 0 Å². The number of benzene rings is 4. The van der Waals surface area contributed by atoms with Crippen LogP contribution in [-0.4, -0.2) is 19.4 Å². The highest BCUT2D eigenvalue weighted by Crippen LogP contribution is 2.56. The molecule has 0 unspecified atom stereocenters. The Hall–Kier alpha value is -2.96. The summed E-state index contributed by atoms with van der Waals surface area (Å²) in [6, 6.07) is 40.7. The lowest BCUT2D eigenvalue weighted by molar-refractivity contribution is 0.273. The van der Waals surface area contributed by atoms with E-state index in [0.29, 0.717) is 0 Å². The molecule has 0 spiro atoms. The Morgan fingerprint density at radius 2 is 1.19 bits per heavy atom. The van der Waals surface area contributed by atoms with Crippen LogP contribution in [0.4, 0.5) is 4.39 Å². The van der Waals surface area contributed by atoms with Gasteiger partial charge in [-0.25, -0.2) is 4.39 Å². The number of rotatable bonds is 10. The molecule has 4 aromatic rings. The van der Waals surface area contributed by atoms with E-state index in [9.17, 15) is 4.39 Å². The molecule has 0 aliphatic heterocycles. The maximum atomic E-state index is 12.8. The molecule has 0 aliphatic carbocycles. The van der Waals surface area contributed by atoms with E-state index in [2.05, 4.69) is 103 Å². The molecule has 32 heavy (non-hydrogen) atoms. The lowest BCUT2D eigenvalue weighted by atomic mass is 10.1. The summed E-state index contributed by atoms with van der Waals surface area (Å²) < 4.78 is 18.4. The molecule has 0 N–H and O–H groups in total. The summed E-state index contributed by atoms with van der Waals surface area (Å²) in [7, 11) is -1.92. The van der Waals surface area contributed by atoms with Gasteiger partial charge in [0, 0.05) is 6.07 Å². The van der Waals surface area contributed by atoms with Gasteiger partial charge < -0.3 is 4.74 Å². The fourth-order valence-electron chi connectivity index (χ4n) is 4.33. The third-order valence-corrected chi connectivity index (χ3v) is 10.3. The van der Waals surface area contributed by atoms with Crippen LogP contribution in [-0.2, 0) is 6.42 Å². The van der Waals surface area contributed by atoms with E-state index in [4.69, 9.17) is 4.74 Å². The second kappa shape index (κ2) is 11.1. The minimum atomic E-state index is -1.92. The molecule has 162 valence electrons. The third-order valence-electron chi connectivity index (χ3n) is 5.80. The molecule has 4 rings (SSSR count). The van der Waals surface area contributed by atoms with Crippen LogP contribution in [0.5, 0.6) is 5.75 Å². The monoisotopic (exact) mass is 443 g/mol. The van der Waals surface area contributed by atoms with Crippen molar-refractivity contribution in [3.63, 3.8) is 0 Å². The Balaban J connectivity index is 1.80. The van der Waals surface area contributed by atoms with Crippen LogP contribution in [0, 0.1) is 0 Å². The van der Waals surface area contributed by atoms with Gasteiger partial charge in [-0.15, -0.1) is 0 Å². The minimum absolute atomic E-state index is 0.0829. The zero-order chi connectivity index (χ0) is 22.1. The SMILES string of the molecule is FCCOc1cccc([P+](CCCc2ccccc2)(c2ccccc2)c2ccccc2)c1. The molecule has 0 saturated heterocycles. The summed E-state index contributed by atoms with van der Waals surface area (Å²) in [6.45, 7) is -0.404. The molecule has 0 amide bonds. The highest BCUT2D eigenvalue weighted by atomic mass is 31.2. The molecule has 0 aromatic heterocycles. The van der Waals surface area contributed by atoms with Crippen LogP contribution in [0.3, 0.4) is 0 Å². The topological polar surface area (TPSA) is 9.23 Å². The van der Waals surface area contributed by atoms with Crippen LogP contribution >= 0.6 is 7.26 Å². The van der Waals surface area contributed by atoms with Gasteiger partial charge in [0.1, 0.15) is 42.2 Å². The van der Waals surface area contributed by atoms with Crippen LogP contribution in [0.2, 0.25) is 0 Å². The average molecular weight is 444 g/mol. The third kappa shape index (κ3) is 5.09. The molecule has 1 nitrogen and oxygen atoms in total. The van der Waals surface area contributed by atoms with E-state index in [1.54, 1.807) is 0 Å². The van der Waals surface area contributed by atoms with E-state index >= 15 is 0 Å². The maximum Gasteiger partial charge on any atom is 0.123 e. The molecule has 0 radical (unpaired) electrons. The first-order valence-corrected chi connectivity index (χ1v) is 13.1. The molecular formula is C29H29FOP+. The standard InChI is InChI=1S/C29H29FOP/c30-21-22-31-26-15-10-20-29(24-26)32(27-16-6-2-7-17-27,28-18-8-3-9-19-28)23-11-14-25-12-4-1-5-13-25/h1-10,12-13,15-20,24H,11,14,21-23H2/q+1. The van der Waals surface area contributed by atoms with Gasteiger partial charge in [-0.05, 0) is 54.8 Å². The number of hydrogen-bond acceptors (Lipinski definition) is 1. The molecule has 3 heteroatoms. The zero-order valence-electron chi connectivity index (χ0n) is 18.2. The summed E-state index contributed by atoms with van der Waals surface area (Å²) in [5, 5.41) is 4.00. The van der Waals surface area contributed by atoms with Crippen LogP contribution < -0.4 is 20.7 Å². The summed E-state index contributed by atoms with van der Waals surface area (Å²) in [6.07, 6.45) is 3.18. The van der Waals surface area contributed by atoms with Gasteiger partial charge in [0.2, 0.25) is 0 Å². The quantitative estimate of drug-likeness (QED) is 0.275. The lowest BCUT2D eigenvalue weighted by Gasteiger charge is -2.28. The Kier molecular flexibility index (Phi) is 7.69. The molecule has 4 aromatic carbocycles. The van der Waals surface area contributed by atoms with Crippen LogP contribution in [0.25, 0.3) is 0 Å². The van der Waals surface area contributed by atoms with Gasteiger partial charge >= 0.3 is 0 Å².